The van der Waals surface area contributed by atoms with Gasteiger partial charge in [-0.15, -0.1) is 11.3 Å². The quantitative estimate of drug-likeness (QED) is 0.842. The maximum atomic E-state index is 12.3. The maximum Gasteiger partial charge on any atom is 0.263 e. The molecule has 0 unspecified atom stereocenters. The van der Waals surface area contributed by atoms with E-state index < -0.39 is 10.0 Å². The molecule has 2 aromatic rings. The molecule has 2 rings (SSSR count). The van der Waals surface area contributed by atoms with Crippen molar-refractivity contribution in [2.24, 2.45) is 0 Å². The number of Topliss-reactive ketones (excluding diaryl/α,β-unsaturated/α-hetero) is 1. The number of anilines is 1. The fourth-order valence-electron chi connectivity index (χ4n) is 1.68. The van der Waals surface area contributed by atoms with Crippen molar-refractivity contribution in [1.82, 2.24) is 4.98 Å². The number of thiazole rings is 1. The fourth-order valence-corrected chi connectivity index (χ4v) is 4.15. The lowest BCUT2D eigenvalue weighted by Gasteiger charge is -2.09. The average Bonchev–Trinajstić information content (AvgIpc) is 2.88. The van der Waals surface area contributed by atoms with Gasteiger partial charge in [-0.05, 0) is 24.6 Å². The molecule has 0 atom stereocenters. The zero-order valence-corrected chi connectivity index (χ0v) is 13.8. The zero-order valence-electron chi connectivity index (χ0n) is 11.4. The van der Waals surface area contributed by atoms with Crippen molar-refractivity contribution in [3.05, 3.63) is 39.9 Å². The fraction of sp³-hybridized carbons (Fsp3) is 0.231. The number of rotatable bonds is 5. The van der Waals surface area contributed by atoms with Gasteiger partial charge < -0.3 is 0 Å². The predicted octanol–water partition coefficient (Wildman–Crippen LogP) is 3.50. The summed E-state index contributed by atoms with van der Waals surface area (Å²) in [4.78, 5) is 15.6. The molecule has 0 saturated heterocycles. The monoisotopic (exact) mass is 344 g/mol. The molecule has 1 heterocycles. The van der Waals surface area contributed by atoms with Gasteiger partial charge in [0.25, 0.3) is 10.0 Å². The first-order valence-electron chi connectivity index (χ1n) is 6.12. The Kier molecular flexibility index (Phi) is 4.65. The van der Waals surface area contributed by atoms with E-state index in [4.69, 9.17) is 11.6 Å². The molecule has 8 heteroatoms. The molecule has 0 bridgehead atoms. The number of carbonyl (C=O) groups excluding carboxylic acids is 1. The number of ketones is 1. The van der Waals surface area contributed by atoms with E-state index in [1.807, 2.05) is 0 Å². The Balaban J connectivity index is 2.31. The molecule has 112 valence electrons. The molecular formula is C13H13ClN2O3S2. The normalized spacial score (nSPS) is 11.4. The first kappa shape index (κ1) is 15.9. The SMILES string of the molecule is CCC(=O)c1csc(NS(=O)(=O)c2cccc(Cl)c2C)n1. The van der Waals surface area contributed by atoms with Crippen LogP contribution in [0.4, 0.5) is 5.13 Å². The minimum absolute atomic E-state index is 0.0913. The number of hydrogen-bond donors (Lipinski definition) is 1. The highest BCUT2D eigenvalue weighted by atomic mass is 35.5. The van der Waals surface area contributed by atoms with Crippen molar-refractivity contribution in [2.75, 3.05) is 4.72 Å². The van der Waals surface area contributed by atoms with Crippen molar-refractivity contribution in [1.29, 1.82) is 0 Å². The minimum Gasteiger partial charge on any atom is -0.292 e. The molecule has 1 N–H and O–H groups in total. The summed E-state index contributed by atoms with van der Waals surface area (Å²) in [5.41, 5.74) is 0.732. The van der Waals surface area contributed by atoms with Gasteiger partial charge in [0.05, 0.1) is 4.90 Å². The lowest BCUT2D eigenvalue weighted by Crippen LogP contribution is -2.14. The summed E-state index contributed by atoms with van der Waals surface area (Å²) < 4.78 is 27.0. The second-order valence-corrected chi connectivity index (χ2v) is 7.20. The lowest BCUT2D eigenvalue weighted by molar-refractivity contribution is 0.0984. The second-order valence-electron chi connectivity index (χ2n) is 4.28. The number of nitrogens with one attached hydrogen (secondary N) is 1. The number of carbonyl (C=O) groups is 1. The van der Waals surface area contributed by atoms with Gasteiger partial charge in [0, 0.05) is 16.8 Å². The molecule has 0 aliphatic carbocycles. The van der Waals surface area contributed by atoms with Gasteiger partial charge in [-0.25, -0.2) is 13.4 Å². The molecule has 1 aromatic heterocycles. The molecule has 21 heavy (non-hydrogen) atoms. The molecule has 0 aliphatic heterocycles. The summed E-state index contributed by atoms with van der Waals surface area (Å²) in [6, 6.07) is 4.66. The summed E-state index contributed by atoms with van der Waals surface area (Å²) >= 11 is 7.01. The third-order valence-corrected chi connectivity index (χ3v) is 5.62. The van der Waals surface area contributed by atoms with Gasteiger partial charge in [0.2, 0.25) is 0 Å². The number of benzene rings is 1. The maximum absolute atomic E-state index is 12.3. The standard InChI is InChI=1S/C13H13ClN2O3S2/c1-3-11(17)10-7-20-13(15-10)16-21(18,19)12-6-4-5-9(14)8(12)2/h4-7H,3H2,1-2H3,(H,15,16). The van der Waals surface area contributed by atoms with Gasteiger partial charge in [-0.1, -0.05) is 24.6 Å². The van der Waals surface area contributed by atoms with E-state index >= 15 is 0 Å². The van der Waals surface area contributed by atoms with Crippen LogP contribution >= 0.6 is 22.9 Å². The zero-order chi connectivity index (χ0) is 15.6. The van der Waals surface area contributed by atoms with Crippen LogP contribution in [0.3, 0.4) is 0 Å². The van der Waals surface area contributed by atoms with Crippen LogP contribution in [0.25, 0.3) is 0 Å². The van der Waals surface area contributed by atoms with Gasteiger partial charge in [0.1, 0.15) is 5.69 Å². The molecular weight excluding hydrogens is 332 g/mol. The van der Waals surface area contributed by atoms with Crippen molar-refractivity contribution in [3.63, 3.8) is 0 Å². The Morgan fingerprint density at radius 2 is 2.14 bits per heavy atom. The number of sulfonamides is 1. The van der Waals surface area contributed by atoms with E-state index in [0.29, 0.717) is 17.0 Å². The number of nitrogens with zero attached hydrogens (tertiary/aromatic N) is 1. The molecule has 5 nitrogen and oxygen atoms in total. The Labute approximate surface area is 132 Å². The van der Waals surface area contributed by atoms with Gasteiger partial charge >= 0.3 is 0 Å². The van der Waals surface area contributed by atoms with Crippen LogP contribution in [0.5, 0.6) is 0 Å². The van der Waals surface area contributed by atoms with Crippen LogP contribution in [0, 0.1) is 6.92 Å². The van der Waals surface area contributed by atoms with E-state index in [-0.39, 0.29) is 21.5 Å². The Hall–Kier alpha value is -1.44. The van der Waals surface area contributed by atoms with Crippen LogP contribution in [0.1, 0.15) is 29.4 Å². The Morgan fingerprint density at radius 3 is 2.81 bits per heavy atom. The first-order valence-corrected chi connectivity index (χ1v) is 8.86. The summed E-state index contributed by atoms with van der Waals surface area (Å²) in [6.07, 6.45) is 0.323. The van der Waals surface area contributed by atoms with Crippen molar-refractivity contribution >= 4 is 43.9 Å². The van der Waals surface area contributed by atoms with Gasteiger partial charge in [0.15, 0.2) is 10.9 Å². The predicted molar refractivity (Wildman–Crippen MR) is 83.7 cm³/mol. The van der Waals surface area contributed by atoms with Crippen molar-refractivity contribution < 1.29 is 13.2 Å². The van der Waals surface area contributed by atoms with E-state index in [1.165, 1.54) is 11.4 Å². The van der Waals surface area contributed by atoms with E-state index in [2.05, 4.69) is 9.71 Å². The Morgan fingerprint density at radius 1 is 1.43 bits per heavy atom. The number of hydrogen-bond acceptors (Lipinski definition) is 5. The van der Waals surface area contributed by atoms with Crippen molar-refractivity contribution in [3.8, 4) is 0 Å². The van der Waals surface area contributed by atoms with E-state index in [1.54, 1.807) is 26.0 Å². The molecule has 1 aromatic carbocycles. The first-order chi connectivity index (χ1) is 9.85. The summed E-state index contributed by atoms with van der Waals surface area (Å²) in [5, 5.41) is 2.07. The average molecular weight is 345 g/mol. The van der Waals surface area contributed by atoms with Crippen LogP contribution in [0.15, 0.2) is 28.5 Å². The van der Waals surface area contributed by atoms with E-state index in [9.17, 15) is 13.2 Å². The van der Waals surface area contributed by atoms with Crippen LogP contribution in [-0.4, -0.2) is 19.2 Å². The molecule has 0 fully saturated rings. The van der Waals surface area contributed by atoms with Gasteiger partial charge in [-0.2, -0.15) is 0 Å². The summed E-state index contributed by atoms with van der Waals surface area (Å²) in [7, 11) is -3.78. The molecule has 0 saturated carbocycles. The third-order valence-electron chi connectivity index (χ3n) is 2.84. The summed E-state index contributed by atoms with van der Waals surface area (Å²) in [6.45, 7) is 3.35. The summed E-state index contributed by atoms with van der Waals surface area (Å²) in [5.74, 6) is -0.129. The molecule has 0 spiro atoms. The highest BCUT2D eigenvalue weighted by Gasteiger charge is 2.20. The highest BCUT2D eigenvalue weighted by molar-refractivity contribution is 7.93. The second kappa shape index (κ2) is 6.13. The largest absolute Gasteiger partial charge is 0.292 e. The van der Waals surface area contributed by atoms with Crippen LogP contribution < -0.4 is 4.72 Å². The third kappa shape index (κ3) is 3.42. The van der Waals surface area contributed by atoms with Crippen LogP contribution in [-0.2, 0) is 10.0 Å². The number of halogens is 1. The Bertz CT molecular complexity index is 784. The molecule has 0 radical (unpaired) electrons. The number of aromatic nitrogens is 1. The van der Waals surface area contributed by atoms with Crippen molar-refractivity contribution in [2.45, 2.75) is 25.2 Å². The minimum atomic E-state index is -3.78. The highest BCUT2D eigenvalue weighted by Crippen LogP contribution is 2.26. The van der Waals surface area contributed by atoms with E-state index in [0.717, 1.165) is 11.3 Å². The molecule has 0 amide bonds. The molecule has 0 aliphatic rings. The van der Waals surface area contributed by atoms with Gasteiger partial charge in [-0.3, -0.25) is 9.52 Å². The van der Waals surface area contributed by atoms with Crippen LogP contribution in [0.2, 0.25) is 5.02 Å². The topological polar surface area (TPSA) is 76.1 Å². The lowest BCUT2D eigenvalue weighted by atomic mass is 10.2. The smallest absolute Gasteiger partial charge is 0.263 e.